The van der Waals surface area contributed by atoms with E-state index in [2.05, 4.69) is 20.6 Å². The van der Waals surface area contributed by atoms with Gasteiger partial charge in [0.25, 0.3) is 0 Å². The molecule has 1 aromatic carbocycles. The highest BCUT2D eigenvalue weighted by Gasteiger charge is 2.04. The molecule has 2 N–H and O–H groups in total. The molecular weight excluding hydrogens is 266 g/mol. The monoisotopic (exact) mass is 285 g/mol. The molecular formula is C15H19N5O. The van der Waals surface area contributed by atoms with Gasteiger partial charge >= 0.3 is 0 Å². The molecule has 1 aromatic heterocycles. The van der Waals surface area contributed by atoms with Crippen LogP contribution in [0, 0.1) is 6.92 Å². The first kappa shape index (κ1) is 14.8. The fourth-order valence-corrected chi connectivity index (χ4v) is 1.83. The summed E-state index contributed by atoms with van der Waals surface area (Å²) in [5, 5.41) is 5.96. The van der Waals surface area contributed by atoms with Crippen molar-refractivity contribution in [1.29, 1.82) is 0 Å². The van der Waals surface area contributed by atoms with Crippen molar-refractivity contribution >= 4 is 28.9 Å². The van der Waals surface area contributed by atoms with Crippen molar-refractivity contribution in [2.75, 3.05) is 29.6 Å². The summed E-state index contributed by atoms with van der Waals surface area (Å²) in [4.78, 5) is 21.6. The Labute approximate surface area is 124 Å². The molecule has 6 nitrogen and oxygen atoms in total. The van der Waals surface area contributed by atoms with Gasteiger partial charge in [-0.15, -0.1) is 0 Å². The Morgan fingerprint density at radius 3 is 2.29 bits per heavy atom. The van der Waals surface area contributed by atoms with Gasteiger partial charge in [-0.1, -0.05) is 0 Å². The first-order valence-corrected chi connectivity index (χ1v) is 6.62. The second-order valence-electron chi connectivity index (χ2n) is 4.94. The smallest absolute Gasteiger partial charge is 0.221 e. The van der Waals surface area contributed by atoms with Gasteiger partial charge in [-0.3, -0.25) is 4.79 Å². The first-order chi connectivity index (χ1) is 9.94. The number of rotatable bonds is 4. The fourth-order valence-electron chi connectivity index (χ4n) is 1.83. The van der Waals surface area contributed by atoms with Gasteiger partial charge in [-0.05, 0) is 31.2 Å². The Morgan fingerprint density at radius 2 is 1.71 bits per heavy atom. The number of aryl methyl sites for hydroxylation is 1. The zero-order chi connectivity index (χ0) is 15.4. The van der Waals surface area contributed by atoms with Crippen LogP contribution in [0.5, 0.6) is 0 Å². The number of carbonyl (C=O) groups is 1. The lowest BCUT2D eigenvalue weighted by molar-refractivity contribution is -0.114. The number of nitrogens with zero attached hydrogens (tertiary/aromatic N) is 3. The van der Waals surface area contributed by atoms with Crippen molar-refractivity contribution in [1.82, 2.24) is 9.97 Å². The van der Waals surface area contributed by atoms with Crippen LogP contribution in [0.25, 0.3) is 0 Å². The van der Waals surface area contributed by atoms with Crippen LogP contribution in [0.15, 0.2) is 30.3 Å². The fraction of sp³-hybridized carbons (Fsp3) is 0.267. The zero-order valence-corrected chi connectivity index (χ0v) is 12.6. The van der Waals surface area contributed by atoms with E-state index in [1.54, 1.807) is 0 Å². The Bertz CT molecular complexity index is 637. The highest BCUT2D eigenvalue weighted by atomic mass is 16.1. The summed E-state index contributed by atoms with van der Waals surface area (Å²) in [6.45, 7) is 3.34. The minimum absolute atomic E-state index is 0.0854. The van der Waals surface area contributed by atoms with Crippen molar-refractivity contribution in [3.63, 3.8) is 0 Å². The van der Waals surface area contributed by atoms with Gasteiger partial charge in [0.2, 0.25) is 5.91 Å². The molecule has 110 valence electrons. The van der Waals surface area contributed by atoms with Gasteiger partial charge in [0.05, 0.1) is 0 Å². The summed E-state index contributed by atoms with van der Waals surface area (Å²) in [5.74, 6) is 2.20. The summed E-state index contributed by atoms with van der Waals surface area (Å²) in [7, 11) is 3.88. The highest BCUT2D eigenvalue weighted by Crippen LogP contribution is 2.20. The zero-order valence-electron chi connectivity index (χ0n) is 12.6. The summed E-state index contributed by atoms with van der Waals surface area (Å²) >= 11 is 0. The Kier molecular flexibility index (Phi) is 4.37. The first-order valence-electron chi connectivity index (χ1n) is 6.62. The Hall–Kier alpha value is -2.63. The van der Waals surface area contributed by atoms with Crippen LogP contribution in [0.2, 0.25) is 0 Å². The number of aromatic nitrogens is 2. The molecule has 0 bridgehead atoms. The molecule has 0 spiro atoms. The second-order valence-corrected chi connectivity index (χ2v) is 4.94. The van der Waals surface area contributed by atoms with E-state index in [9.17, 15) is 4.79 Å². The predicted molar refractivity (Wildman–Crippen MR) is 85.1 cm³/mol. The molecule has 2 rings (SSSR count). The molecule has 0 atom stereocenters. The minimum atomic E-state index is -0.0854. The molecule has 2 aromatic rings. The van der Waals surface area contributed by atoms with Crippen molar-refractivity contribution in [3.8, 4) is 0 Å². The third-order valence-electron chi connectivity index (χ3n) is 2.76. The van der Waals surface area contributed by atoms with E-state index in [1.807, 2.05) is 56.3 Å². The summed E-state index contributed by atoms with van der Waals surface area (Å²) < 4.78 is 0. The number of amides is 1. The predicted octanol–water partition coefficient (Wildman–Crippen LogP) is 2.55. The molecule has 0 saturated heterocycles. The molecule has 21 heavy (non-hydrogen) atoms. The van der Waals surface area contributed by atoms with Crippen molar-refractivity contribution < 1.29 is 4.79 Å². The van der Waals surface area contributed by atoms with Crippen LogP contribution < -0.4 is 15.5 Å². The quantitative estimate of drug-likeness (QED) is 0.903. The normalized spacial score (nSPS) is 10.1. The maximum atomic E-state index is 11.0. The van der Waals surface area contributed by atoms with Gasteiger partial charge in [0.1, 0.15) is 17.5 Å². The standard InChI is InChI=1S/C15H19N5O/c1-10-16-14(9-15(17-10)20(3)4)19-13-7-5-12(6-8-13)18-11(2)21/h5-9H,1-4H3,(H,18,21)(H,16,17,19). The van der Waals surface area contributed by atoms with E-state index in [0.717, 1.165) is 23.0 Å². The SMILES string of the molecule is CC(=O)Nc1ccc(Nc2cc(N(C)C)nc(C)n2)cc1. The molecule has 6 heteroatoms. The lowest BCUT2D eigenvalue weighted by atomic mass is 10.2. The summed E-state index contributed by atoms with van der Waals surface area (Å²) in [5.41, 5.74) is 1.66. The average molecular weight is 285 g/mol. The molecule has 0 radical (unpaired) electrons. The maximum Gasteiger partial charge on any atom is 0.221 e. The summed E-state index contributed by atoms with van der Waals surface area (Å²) in [6.07, 6.45) is 0. The molecule has 0 unspecified atom stereocenters. The van der Waals surface area contributed by atoms with Crippen LogP contribution >= 0.6 is 0 Å². The third kappa shape index (κ3) is 4.17. The van der Waals surface area contributed by atoms with E-state index in [1.165, 1.54) is 6.92 Å². The number of nitrogens with one attached hydrogen (secondary N) is 2. The van der Waals surface area contributed by atoms with Gasteiger partial charge in [0, 0.05) is 38.5 Å². The topological polar surface area (TPSA) is 70.2 Å². The molecule has 0 aliphatic heterocycles. The van der Waals surface area contributed by atoms with Gasteiger partial charge in [-0.2, -0.15) is 0 Å². The number of carbonyl (C=O) groups excluding carboxylic acids is 1. The average Bonchev–Trinajstić information content (AvgIpc) is 2.39. The maximum absolute atomic E-state index is 11.0. The lowest BCUT2D eigenvalue weighted by Gasteiger charge is -2.14. The van der Waals surface area contributed by atoms with E-state index in [4.69, 9.17) is 0 Å². The van der Waals surface area contributed by atoms with E-state index >= 15 is 0 Å². The van der Waals surface area contributed by atoms with E-state index < -0.39 is 0 Å². The van der Waals surface area contributed by atoms with Crippen LogP contribution in [-0.4, -0.2) is 30.0 Å². The van der Waals surface area contributed by atoms with Crippen LogP contribution in [-0.2, 0) is 4.79 Å². The Balaban J connectivity index is 2.16. The molecule has 0 saturated carbocycles. The second kappa shape index (κ2) is 6.21. The molecule has 0 aliphatic carbocycles. The number of hydrogen-bond donors (Lipinski definition) is 2. The summed E-state index contributed by atoms with van der Waals surface area (Å²) in [6, 6.07) is 9.33. The molecule has 1 amide bonds. The van der Waals surface area contributed by atoms with Crippen molar-refractivity contribution in [3.05, 3.63) is 36.2 Å². The van der Waals surface area contributed by atoms with Crippen LogP contribution in [0.1, 0.15) is 12.7 Å². The van der Waals surface area contributed by atoms with Gasteiger partial charge in [0.15, 0.2) is 0 Å². The lowest BCUT2D eigenvalue weighted by Crippen LogP contribution is -2.12. The minimum Gasteiger partial charge on any atom is -0.363 e. The van der Waals surface area contributed by atoms with Gasteiger partial charge < -0.3 is 15.5 Å². The molecule has 1 heterocycles. The number of hydrogen-bond acceptors (Lipinski definition) is 5. The molecule has 0 aliphatic rings. The third-order valence-corrected chi connectivity index (χ3v) is 2.76. The van der Waals surface area contributed by atoms with E-state index in [0.29, 0.717) is 5.82 Å². The largest absolute Gasteiger partial charge is 0.363 e. The van der Waals surface area contributed by atoms with Gasteiger partial charge in [-0.25, -0.2) is 9.97 Å². The van der Waals surface area contributed by atoms with Crippen LogP contribution in [0.4, 0.5) is 23.0 Å². The van der Waals surface area contributed by atoms with Crippen molar-refractivity contribution in [2.24, 2.45) is 0 Å². The van der Waals surface area contributed by atoms with E-state index in [-0.39, 0.29) is 5.91 Å². The van der Waals surface area contributed by atoms with Crippen LogP contribution in [0.3, 0.4) is 0 Å². The highest BCUT2D eigenvalue weighted by molar-refractivity contribution is 5.88. The number of benzene rings is 1. The number of anilines is 4. The molecule has 0 fully saturated rings. The Morgan fingerprint density at radius 1 is 1.10 bits per heavy atom. The van der Waals surface area contributed by atoms with Crippen molar-refractivity contribution in [2.45, 2.75) is 13.8 Å².